The SMILES string of the molecule is NC(=O)CSc1nnc(C2CC2)n1CC1CCCO1. The molecule has 7 heteroatoms. The minimum atomic E-state index is -0.329. The second-order valence-electron chi connectivity index (χ2n) is 5.12. The van der Waals surface area contributed by atoms with Crippen LogP contribution in [0.3, 0.4) is 0 Å². The molecule has 2 fully saturated rings. The number of hydrogen-bond acceptors (Lipinski definition) is 5. The summed E-state index contributed by atoms with van der Waals surface area (Å²) in [6.07, 6.45) is 4.83. The maximum absolute atomic E-state index is 10.9. The van der Waals surface area contributed by atoms with E-state index in [4.69, 9.17) is 10.5 Å². The Hall–Kier alpha value is -1.08. The molecule has 0 spiro atoms. The van der Waals surface area contributed by atoms with E-state index < -0.39 is 0 Å². The van der Waals surface area contributed by atoms with Crippen LogP contribution >= 0.6 is 11.8 Å². The zero-order valence-corrected chi connectivity index (χ0v) is 11.6. The lowest BCUT2D eigenvalue weighted by Crippen LogP contribution is -2.18. The number of carbonyl (C=O) groups excluding carboxylic acids is 1. The second kappa shape index (κ2) is 5.50. The predicted molar refractivity (Wildman–Crippen MR) is 70.9 cm³/mol. The molecule has 19 heavy (non-hydrogen) atoms. The Labute approximate surface area is 116 Å². The molecule has 2 N–H and O–H groups in total. The van der Waals surface area contributed by atoms with Gasteiger partial charge in [-0.3, -0.25) is 4.79 Å². The fraction of sp³-hybridized carbons (Fsp3) is 0.750. The minimum absolute atomic E-state index is 0.244. The summed E-state index contributed by atoms with van der Waals surface area (Å²) in [5, 5.41) is 9.27. The molecule has 2 aliphatic rings. The zero-order valence-electron chi connectivity index (χ0n) is 10.7. The summed E-state index contributed by atoms with van der Waals surface area (Å²) in [4.78, 5) is 10.9. The van der Waals surface area contributed by atoms with Crippen molar-refractivity contribution >= 4 is 17.7 Å². The van der Waals surface area contributed by atoms with Crippen molar-refractivity contribution in [3.05, 3.63) is 5.82 Å². The molecular weight excluding hydrogens is 264 g/mol. The minimum Gasteiger partial charge on any atom is -0.376 e. The highest BCUT2D eigenvalue weighted by atomic mass is 32.2. The van der Waals surface area contributed by atoms with Crippen LogP contribution in [0.15, 0.2) is 5.16 Å². The Morgan fingerprint density at radius 2 is 2.26 bits per heavy atom. The van der Waals surface area contributed by atoms with Crippen molar-refractivity contribution in [3.63, 3.8) is 0 Å². The number of rotatable bonds is 6. The van der Waals surface area contributed by atoms with Crippen molar-refractivity contribution in [1.29, 1.82) is 0 Å². The molecule has 1 saturated heterocycles. The topological polar surface area (TPSA) is 83.0 Å². The first-order chi connectivity index (χ1) is 9.24. The number of amides is 1. The van der Waals surface area contributed by atoms with Crippen LogP contribution in [0.4, 0.5) is 0 Å². The normalized spacial score (nSPS) is 22.8. The van der Waals surface area contributed by atoms with Crippen LogP contribution in [-0.2, 0) is 16.1 Å². The van der Waals surface area contributed by atoms with Crippen LogP contribution in [-0.4, -0.2) is 39.1 Å². The number of primary amides is 1. The fourth-order valence-corrected chi connectivity index (χ4v) is 3.04. The maximum Gasteiger partial charge on any atom is 0.227 e. The Morgan fingerprint density at radius 3 is 2.89 bits per heavy atom. The summed E-state index contributed by atoms with van der Waals surface area (Å²) >= 11 is 1.36. The number of hydrogen-bond donors (Lipinski definition) is 1. The number of aromatic nitrogens is 3. The highest BCUT2D eigenvalue weighted by molar-refractivity contribution is 7.99. The van der Waals surface area contributed by atoms with Gasteiger partial charge in [0.1, 0.15) is 5.82 Å². The van der Waals surface area contributed by atoms with E-state index in [1.165, 1.54) is 24.6 Å². The number of carbonyl (C=O) groups is 1. The lowest BCUT2D eigenvalue weighted by Gasteiger charge is -2.14. The molecule has 1 aromatic heterocycles. The van der Waals surface area contributed by atoms with E-state index in [1.54, 1.807) is 0 Å². The van der Waals surface area contributed by atoms with Gasteiger partial charge < -0.3 is 15.0 Å². The zero-order chi connectivity index (χ0) is 13.2. The van der Waals surface area contributed by atoms with Gasteiger partial charge in [-0.1, -0.05) is 11.8 Å². The van der Waals surface area contributed by atoms with E-state index in [2.05, 4.69) is 14.8 Å². The molecule has 104 valence electrons. The van der Waals surface area contributed by atoms with Gasteiger partial charge in [0, 0.05) is 12.5 Å². The van der Waals surface area contributed by atoms with Gasteiger partial charge in [0.15, 0.2) is 5.16 Å². The van der Waals surface area contributed by atoms with Crippen molar-refractivity contribution in [2.75, 3.05) is 12.4 Å². The first kappa shape index (κ1) is 12.9. The van der Waals surface area contributed by atoms with Gasteiger partial charge in [0.05, 0.1) is 18.4 Å². The third-order valence-electron chi connectivity index (χ3n) is 3.44. The quantitative estimate of drug-likeness (QED) is 0.784. The predicted octanol–water partition coefficient (Wildman–Crippen LogP) is 0.912. The summed E-state index contributed by atoms with van der Waals surface area (Å²) in [5.74, 6) is 1.50. The van der Waals surface area contributed by atoms with Crippen LogP contribution in [0, 0.1) is 0 Å². The van der Waals surface area contributed by atoms with E-state index in [-0.39, 0.29) is 17.8 Å². The molecule has 1 aliphatic heterocycles. The average Bonchev–Trinajstić information content (AvgIpc) is 2.95. The van der Waals surface area contributed by atoms with E-state index in [9.17, 15) is 4.79 Å². The Kier molecular flexibility index (Phi) is 3.74. The average molecular weight is 282 g/mol. The molecule has 0 radical (unpaired) electrons. The van der Waals surface area contributed by atoms with Crippen LogP contribution in [0.25, 0.3) is 0 Å². The molecule has 0 aromatic carbocycles. The lowest BCUT2D eigenvalue weighted by atomic mass is 10.2. The summed E-state index contributed by atoms with van der Waals surface area (Å²) in [6.45, 7) is 1.63. The molecule has 1 saturated carbocycles. The van der Waals surface area contributed by atoms with Crippen LogP contribution < -0.4 is 5.73 Å². The molecule has 2 heterocycles. The van der Waals surface area contributed by atoms with Gasteiger partial charge in [0.25, 0.3) is 0 Å². The number of nitrogens with two attached hydrogens (primary N) is 1. The molecule has 1 atom stereocenters. The fourth-order valence-electron chi connectivity index (χ4n) is 2.35. The highest BCUT2D eigenvalue weighted by Gasteiger charge is 2.31. The molecule has 1 aromatic rings. The smallest absolute Gasteiger partial charge is 0.227 e. The summed E-state index contributed by atoms with van der Waals surface area (Å²) in [6, 6.07) is 0. The summed E-state index contributed by atoms with van der Waals surface area (Å²) in [5.41, 5.74) is 5.19. The standard InChI is InChI=1S/C12H18N4O2S/c13-10(17)7-19-12-15-14-11(8-3-4-8)16(12)6-9-2-1-5-18-9/h8-9H,1-7H2,(H2,13,17). The Bertz CT molecular complexity index is 466. The van der Waals surface area contributed by atoms with E-state index in [0.717, 1.165) is 37.0 Å². The highest BCUT2D eigenvalue weighted by Crippen LogP contribution is 2.40. The van der Waals surface area contributed by atoms with Gasteiger partial charge >= 0.3 is 0 Å². The maximum atomic E-state index is 10.9. The molecular formula is C12H18N4O2S. The van der Waals surface area contributed by atoms with Crippen molar-refractivity contribution in [3.8, 4) is 0 Å². The molecule has 1 amide bonds. The van der Waals surface area contributed by atoms with Crippen LogP contribution in [0.5, 0.6) is 0 Å². The van der Waals surface area contributed by atoms with Crippen molar-refractivity contribution < 1.29 is 9.53 Å². The first-order valence-corrected chi connectivity index (χ1v) is 7.68. The third kappa shape index (κ3) is 3.09. The van der Waals surface area contributed by atoms with Gasteiger partial charge in [-0.05, 0) is 25.7 Å². The third-order valence-corrected chi connectivity index (χ3v) is 4.43. The Morgan fingerprint density at radius 1 is 1.42 bits per heavy atom. The Balaban J connectivity index is 1.75. The van der Waals surface area contributed by atoms with Crippen molar-refractivity contribution in [2.24, 2.45) is 5.73 Å². The van der Waals surface area contributed by atoms with Gasteiger partial charge in [-0.2, -0.15) is 0 Å². The number of nitrogens with zero attached hydrogens (tertiary/aromatic N) is 3. The summed E-state index contributed by atoms with van der Waals surface area (Å²) < 4.78 is 7.81. The van der Waals surface area contributed by atoms with Crippen molar-refractivity contribution in [2.45, 2.75) is 49.4 Å². The van der Waals surface area contributed by atoms with E-state index >= 15 is 0 Å². The summed E-state index contributed by atoms with van der Waals surface area (Å²) in [7, 11) is 0. The molecule has 0 bridgehead atoms. The number of thioether (sulfide) groups is 1. The molecule has 1 unspecified atom stereocenters. The van der Waals surface area contributed by atoms with Gasteiger partial charge in [-0.25, -0.2) is 0 Å². The first-order valence-electron chi connectivity index (χ1n) is 6.70. The number of ether oxygens (including phenoxy) is 1. The van der Waals surface area contributed by atoms with E-state index in [0.29, 0.717) is 5.92 Å². The van der Waals surface area contributed by atoms with E-state index in [1.807, 2.05) is 0 Å². The molecule has 1 aliphatic carbocycles. The molecule has 3 rings (SSSR count). The monoisotopic (exact) mass is 282 g/mol. The largest absolute Gasteiger partial charge is 0.376 e. The van der Waals surface area contributed by atoms with Crippen molar-refractivity contribution in [1.82, 2.24) is 14.8 Å². The van der Waals surface area contributed by atoms with Crippen LogP contribution in [0.2, 0.25) is 0 Å². The molecule has 6 nitrogen and oxygen atoms in total. The van der Waals surface area contributed by atoms with Gasteiger partial charge in [0.2, 0.25) is 5.91 Å². The lowest BCUT2D eigenvalue weighted by molar-refractivity contribution is -0.115. The van der Waals surface area contributed by atoms with Gasteiger partial charge in [-0.15, -0.1) is 10.2 Å². The second-order valence-corrected chi connectivity index (χ2v) is 6.06. The van der Waals surface area contributed by atoms with Crippen LogP contribution in [0.1, 0.15) is 37.4 Å².